The van der Waals surface area contributed by atoms with E-state index >= 15 is 0 Å². The maximum Gasteiger partial charge on any atom is 0.326 e. The summed E-state index contributed by atoms with van der Waals surface area (Å²) in [6.45, 7) is 3.75. The molecule has 8 heteroatoms. The van der Waals surface area contributed by atoms with Gasteiger partial charge < -0.3 is 15.0 Å². The van der Waals surface area contributed by atoms with Gasteiger partial charge in [-0.05, 0) is 55.2 Å². The lowest BCUT2D eigenvalue weighted by molar-refractivity contribution is -0.140. The average molecular weight is 562 g/mol. The average Bonchev–Trinajstić information content (AvgIpc) is 3.42. The smallest absolute Gasteiger partial charge is 0.326 e. The Morgan fingerprint density at radius 1 is 0.929 bits per heavy atom. The summed E-state index contributed by atoms with van der Waals surface area (Å²) in [7, 11) is 0. The van der Waals surface area contributed by atoms with Crippen LogP contribution in [0.25, 0.3) is 44.7 Å². The topological polar surface area (TPSA) is 110 Å². The molecular formula is C34H35N5O3. The van der Waals surface area contributed by atoms with Crippen molar-refractivity contribution in [1.82, 2.24) is 24.8 Å². The summed E-state index contributed by atoms with van der Waals surface area (Å²) in [6, 6.07) is 20.9. The highest BCUT2D eigenvalue weighted by Gasteiger charge is 2.27. The van der Waals surface area contributed by atoms with Crippen LogP contribution in [0.5, 0.6) is 0 Å². The van der Waals surface area contributed by atoms with Crippen LogP contribution < -0.4 is 5.32 Å². The van der Waals surface area contributed by atoms with Crippen LogP contribution in [-0.4, -0.2) is 42.5 Å². The van der Waals surface area contributed by atoms with Gasteiger partial charge in [-0.2, -0.15) is 0 Å². The minimum Gasteiger partial charge on any atom is -0.480 e. The molecule has 0 radical (unpaired) electrons. The molecule has 1 aliphatic rings. The molecule has 6 rings (SSSR count). The number of nitrogens with zero attached hydrogens (tertiary/aromatic N) is 4. The van der Waals surface area contributed by atoms with Crippen molar-refractivity contribution in [2.45, 2.75) is 64.5 Å². The molecule has 42 heavy (non-hydrogen) atoms. The first-order chi connectivity index (χ1) is 20.4. The van der Waals surface area contributed by atoms with E-state index in [4.69, 9.17) is 15.0 Å². The van der Waals surface area contributed by atoms with Crippen LogP contribution in [0.4, 0.5) is 0 Å². The highest BCUT2D eigenvalue weighted by atomic mass is 16.4. The molecule has 2 atom stereocenters. The second kappa shape index (κ2) is 11.7. The second-order valence-corrected chi connectivity index (χ2v) is 11.3. The Hall–Kier alpha value is -4.59. The Bertz CT molecular complexity index is 1760. The highest BCUT2D eigenvalue weighted by molar-refractivity contribution is 5.99. The third kappa shape index (κ3) is 5.36. The molecule has 8 nitrogen and oxygen atoms in total. The second-order valence-electron chi connectivity index (χ2n) is 11.3. The molecule has 0 spiro atoms. The van der Waals surface area contributed by atoms with Gasteiger partial charge in [-0.3, -0.25) is 9.78 Å². The number of rotatable bonds is 8. The molecule has 0 aliphatic heterocycles. The fourth-order valence-electron chi connectivity index (χ4n) is 5.96. The van der Waals surface area contributed by atoms with Gasteiger partial charge >= 0.3 is 5.97 Å². The summed E-state index contributed by atoms with van der Waals surface area (Å²) in [5.74, 6) is -0.785. The Morgan fingerprint density at radius 2 is 1.71 bits per heavy atom. The zero-order valence-corrected chi connectivity index (χ0v) is 24.0. The summed E-state index contributed by atoms with van der Waals surface area (Å²) >= 11 is 0. The third-order valence-electron chi connectivity index (χ3n) is 8.53. The van der Waals surface area contributed by atoms with E-state index in [1.165, 1.54) is 19.3 Å². The zero-order valence-electron chi connectivity index (χ0n) is 24.0. The molecular weight excluding hydrogens is 526 g/mol. The van der Waals surface area contributed by atoms with Crippen LogP contribution in [-0.2, 0) is 4.79 Å². The number of amides is 1. The van der Waals surface area contributed by atoms with Crippen molar-refractivity contribution in [3.05, 3.63) is 78.5 Å². The summed E-state index contributed by atoms with van der Waals surface area (Å²) in [6.07, 6.45) is 8.17. The number of hydrogen-bond donors (Lipinski definition) is 2. The van der Waals surface area contributed by atoms with Gasteiger partial charge in [0.05, 0.1) is 34.0 Å². The number of carbonyl (C=O) groups excluding carboxylic acids is 1. The monoisotopic (exact) mass is 561 g/mol. The van der Waals surface area contributed by atoms with Gasteiger partial charge in [0.15, 0.2) is 0 Å². The first kappa shape index (κ1) is 27.6. The van der Waals surface area contributed by atoms with E-state index in [0.717, 1.165) is 52.0 Å². The van der Waals surface area contributed by atoms with Gasteiger partial charge in [0.25, 0.3) is 5.91 Å². The normalized spacial score (nSPS) is 15.5. The van der Waals surface area contributed by atoms with Crippen molar-refractivity contribution in [3.63, 3.8) is 0 Å². The van der Waals surface area contributed by atoms with Crippen LogP contribution in [0.3, 0.4) is 0 Å². The Labute approximate surface area is 244 Å². The molecule has 2 aromatic heterocycles. The van der Waals surface area contributed by atoms with Gasteiger partial charge in [0, 0.05) is 22.7 Å². The maximum atomic E-state index is 13.1. The minimum absolute atomic E-state index is 0.188. The van der Waals surface area contributed by atoms with Crippen molar-refractivity contribution in [2.75, 3.05) is 0 Å². The Balaban J connectivity index is 1.40. The van der Waals surface area contributed by atoms with Crippen LogP contribution in [0.2, 0.25) is 0 Å². The van der Waals surface area contributed by atoms with Crippen molar-refractivity contribution in [2.24, 2.45) is 5.92 Å². The number of carbonyl (C=O) groups is 2. The standard InChI is InChI=1S/C34H35N5O3/c1-3-21(2)31(34(41)42)38-33(40)24-15-17-30-28(19-24)37-32(39(30)25-12-8-5-9-13-25)23-14-16-26-27(18-23)35-20-29(36-26)22-10-6-4-7-11-22/h4,6-7,10-11,14-21,25,31H,3,5,8-9,12-13H2,1-2H3,(H,38,40)(H,41,42)/t21-,31-/m0/s1. The molecule has 0 unspecified atom stereocenters. The van der Waals surface area contributed by atoms with Gasteiger partial charge in [-0.25, -0.2) is 14.8 Å². The number of carboxylic acids is 1. The van der Waals surface area contributed by atoms with Crippen molar-refractivity contribution in [1.29, 1.82) is 0 Å². The maximum absolute atomic E-state index is 13.1. The van der Waals surface area contributed by atoms with E-state index in [-0.39, 0.29) is 5.92 Å². The van der Waals surface area contributed by atoms with Gasteiger partial charge in [-0.15, -0.1) is 0 Å². The lowest BCUT2D eigenvalue weighted by Gasteiger charge is -2.25. The molecule has 0 saturated heterocycles. The predicted molar refractivity (Wildman–Crippen MR) is 164 cm³/mol. The summed E-state index contributed by atoms with van der Waals surface area (Å²) in [5, 5.41) is 12.4. The molecule has 1 fully saturated rings. The fourth-order valence-corrected chi connectivity index (χ4v) is 5.96. The van der Waals surface area contributed by atoms with Gasteiger partial charge in [0.1, 0.15) is 11.9 Å². The van der Waals surface area contributed by atoms with Crippen LogP contribution in [0, 0.1) is 5.92 Å². The SMILES string of the molecule is CC[C@H](C)[C@H](NC(=O)c1ccc2c(c1)nc(-c1ccc3nc(-c4ccccc4)cnc3c1)n2C1CCCCC1)C(=O)O. The summed E-state index contributed by atoms with van der Waals surface area (Å²) in [4.78, 5) is 39.6. The predicted octanol–water partition coefficient (Wildman–Crippen LogP) is 7.05. The number of aliphatic carboxylic acids is 1. The molecule has 5 aromatic rings. The van der Waals surface area contributed by atoms with E-state index < -0.39 is 17.9 Å². The Kier molecular flexibility index (Phi) is 7.69. The van der Waals surface area contributed by atoms with Crippen molar-refractivity contribution in [3.8, 4) is 22.6 Å². The largest absolute Gasteiger partial charge is 0.480 e. The lowest BCUT2D eigenvalue weighted by Crippen LogP contribution is -2.45. The lowest BCUT2D eigenvalue weighted by atomic mass is 9.94. The van der Waals surface area contributed by atoms with E-state index in [1.54, 1.807) is 18.3 Å². The third-order valence-corrected chi connectivity index (χ3v) is 8.53. The van der Waals surface area contributed by atoms with Gasteiger partial charge in [0.2, 0.25) is 0 Å². The fraction of sp³-hybridized carbons (Fsp3) is 0.324. The van der Waals surface area contributed by atoms with E-state index in [9.17, 15) is 14.7 Å². The molecule has 214 valence electrons. The number of imidazole rings is 1. The van der Waals surface area contributed by atoms with Crippen LogP contribution in [0.15, 0.2) is 72.9 Å². The van der Waals surface area contributed by atoms with E-state index in [1.807, 2.05) is 68.4 Å². The first-order valence-corrected chi connectivity index (χ1v) is 14.8. The minimum atomic E-state index is -1.03. The zero-order chi connectivity index (χ0) is 29.2. The number of aromatic nitrogens is 4. The number of nitrogens with one attached hydrogen (secondary N) is 1. The van der Waals surface area contributed by atoms with Crippen molar-refractivity contribution >= 4 is 33.9 Å². The molecule has 0 bridgehead atoms. The summed E-state index contributed by atoms with van der Waals surface area (Å²) < 4.78 is 2.32. The van der Waals surface area contributed by atoms with E-state index in [2.05, 4.69) is 9.88 Å². The Morgan fingerprint density at radius 3 is 2.45 bits per heavy atom. The van der Waals surface area contributed by atoms with Gasteiger partial charge in [-0.1, -0.05) is 69.9 Å². The molecule has 3 aromatic carbocycles. The molecule has 1 amide bonds. The quantitative estimate of drug-likeness (QED) is 0.210. The number of fused-ring (bicyclic) bond motifs is 2. The number of carboxylic acid groups (broad SMARTS) is 1. The molecule has 1 aliphatic carbocycles. The number of hydrogen-bond acceptors (Lipinski definition) is 5. The van der Waals surface area contributed by atoms with Crippen molar-refractivity contribution < 1.29 is 14.7 Å². The first-order valence-electron chi connectivity index (χ1n) is 14.8. The van der Waals surface area contributed by atoms with E-state index in [0.29, 0.717) is 23.5 Å². The number of benzene rings is 3. The molecule has 2 heterocycles. The molecule has 2 N–H and O–H groups in total. The summed E-state index contributed by atoms with van der Waals surface area (Å²) in [5.41, 5.74) is 6.48. The van der Waals surface area contributed by atoms with Crippen LogP contribution in [0.1, 0.15) is 68.8 Å². The highest BCUT2D eigenvalue weighted by Crippen LogP contribution is 2.37. The van der Waals surface area contributed by atoms with Crippen LogP contribution >= 0.6 is 0 Å². The molecule has 1 saturated carbocycles.